The maximum absolute atomic E-state index is 12.4. The van der Waals surface area contributed by atoms with Gasteiger partial charge in [-0.3, -0.25) is 9.59 Å². The smallest absolute Gasteiger partial charge is 0.255 e. The van der Waals surface area contributed by atoms with Gasteiger partial charge in [-0.15, -0.1) is 0 Å². The normalized spacial score (nSPS) is 14.3. The van der Waals surface area contributed by atoms with E-state index in [0.717, 1.165) is 48.7 Å². The van der Waals surface area contributed by atoms with Crippen molar-refractivity contribution in [2.75, 3.05) is 36.4 Å². The third-order valence-electron chi connectivity index (χ3n) is 4.70. The van der Waals surface area contributed by atoms with Crippen LogP contribution < -0.4 is 10.2 Å². The number of carbonyl (C=O) groups is 2. The fourth-order valence-corrected chi connectivity index (χ4v) is 3.34. The van der Waals surface area contributed by atoms with Crippen molar-refractivity contribution >= 4 is 23.2 Å². The van der Waals surface area contributed by atoms with Gasteiger partial charge in [-0.1, -0.05) is 17.2 Å². The summed E-state index contributed by atoms with van der Waals surface area (Å²) in [6.07, 6.45) is 0. The highest BCUT2D eigenvalue weighted by Crippen LogP contribution is 2.20. The molecule has 0 bridgehead atoms. The lowest BCUT2D eigenvalue weighted by Gasteiger charge is -2.35. The molecule has 0 saturated carbocycles. The largest absolute Gasteiger partial charge is 0.368 e. The summed E-state index contributed by atoms with van der Waals surface area (Å²) >= 11 is 0. The first-order valence-corrected chi connectivity index (χ1v) is 8.92. The van der Waals surface area contributed by atoms with E-state index in [4.69, 9.17) is 0 Å². The first kappa shape index (κ1) is 18.0. The van der Waals surface area contributed by atoms with Crippen molar-refractivity contribution in [2.45, 2.75) is 20.8 Å². The van der Waals surface area contributed by atoms with Crippen molar-refractivity contribution in [3.05, 3.63) is 59.2 Å². The van der Waals surface area contributed by atoms with Crippen LogP contribution in [0.2, 0.25) is 0 Å². The molecule has 1 aliphatic heterocycles. The van der Waals surface area contributed by atoms with Crippen LogP contribution in [0.25, 0.3) is 0 Å². The maximum atomic E-state index is 12.4. The van der Waals surface area contributed by atoms with Crippen LogP contribution in [-0.2, 0) is 4.79 Å². The lowest BCUT2D eigenvalue weighted by Crippen LogP contribution is -2.48. The molecule has 0 atom stereocenters. The lowest BCUT2D eigenvalue weighted by atomic mass is 10.1. The molecule has 1 saturated heterocycles. The second-order valence-corrected chi connectivity index (χ2v) is 6.87. The standard InChI is InChI=1S/C21H25N3O2/c1-15-12-16(2)14-18(13-15)21(26)22-19-4-6-20(7-5-19)24-10-8-23(9-11-24)17(3)25/h4-7,12-14H,8-11H2,1-3H3,(H,22,26). The second-order valence-electron chi connectivity index (χ2n) is 6.87. The van der Waals surface area contributed by atoms with Crippen LogP contribution in [0.1, 0.15) is 28.4 Å². The van der Waals surface area contributed by atoms with Gasteiger partial charge in [0, 0.05) is 50.0 Å². The van der Waals surface area contributed by atoms with Crippen molar-refractivity contribution in [2.24, 2.45) is 0 Å². The molecule has 0 unspecified atom stereocenters. The third kappa shape index (κ3) is 4.23. The van der Waals surface area contributed by atoms with Gasteiger partial charge in [-0.25, -0.2) is 0 Å². The van der Waals surface area contributed by atoms with E-state index in [-0.39, 0.29) is 11.8 Å². The number of hydrogen-bond donors (Lipinski definition) is 1. The number of anilines is 2. The predicted molar refractivity (Wildman–Crippen MR) is 105 cm³/mol. The lowest BCUT2D eigenvalue weighted by molar-refractivity contribution is -0.129. The van der Waals surface area contributed by atoms with E-state index in [1.54, 1.807) is 6.92 Å². The third-order valence-corrected chi connectivity index (χ3v) is 4.70. The molecule has 0 aliphatic carbocycles. The highest BCUT2D eigenvalue weighted by Gasteiger charge is 2.18. The molecule has 1 aliphatic rings. The van der Waals surface area contributed by atoms with Crippen molar-refractivity contribution < 1.29 is 9.59 Å². The first-order valence-electron chi connectivity index (χ1n) is 8.92. The van der Waals surface area contributed by atoms with Gasteiger partial charge in [0.15, 0.2) is 0 Å². The van der Waals surface area contributed by atoms with E-state index in [1.807, 2.05) is 55.1 Å². The number of rotatable bonds is 3. The summed E-state index contributed by atoms with van der Waals surface area (Å²) in [5.41, 5.74) is 4.72. The number of carbonyl (C=O) groups excluding carboxylic acids is 2. The molecule has 1 fully saturated rings. The Morgan fingerprint density at radius 3 is 2.00 bits per heavy atom. The summed E-state index contributed by atoms with van der Waals surface area (Å²) in [6.45, 7) is 8.75. The number of nitrogens with one attached hydrogen (secondary N) is 1. The summed E-state index contributed by atoms with van der Waals surface area (Å²) < 4.78 is 0. The van der Waals surface area contributed by atoms with Crippen LogP contribution in [-0.4, -0.2) is 42.9 Å². The summed E-state index contributed by atoms with van der Waals surface area (Å²) in [5.74, 6) is 0.0359. The van der Waals surface area contributed by atoms with Crippen LogP contribution in [0.5, 0.6) is 0 Å². The second kappa shape index (κ2) is 7.60. The summed E-state index contributed by atoms with van der Waals surface area (Å²) in [4.78, 5) is 28.0. The van der Waals surface area contributed by atoms with Crippen molar-refractivity contribution in [3.63, 3.8) is 0 Å². The Hall–Kier alpha value is -2.82. The summed E-state index contributed by atoms with van der Waals surface area (Å²) in [7, 11) is 0. The Morgan fingerprint density at radius 1 is 0.885 bits per heavy atom. The SMILES string of the molecule is CC(=O)N1CCN(c2ccc(NC(=O)c3cc(C)cc(C)c3)cc2)CC1. The fourth-order valence-electron chi connectivity index (χ4n) is 3.34. The van der Waals surface area contributed by atoms with Gasteiger partial charge in [0.1, 0.15) is 0 Å². The molecule has 5 heteroatoms. The Balaban J connectivity index is 1.63. The van der Waals surface area contributed by atoms with Crippen LogP contribution in [0.4, 0.5) is 11.4 Å². The number of aryl methyl sites for hydroxylation is 2. The molecular weight excluding hydrogens is 326 g/mol. The minimum absolute atomic E-state index is 0.0976. The maximum Gasteiger partial charge on any atom is 0.255 e. The average molecular weight is 351 g/mol. The average Bonchev–Trinajstić information content (AvgIpc) is 2.61. The topological polar surface area (TPSA) is 52.7 Å². The molecule has 1 heterocycles. The molecule has 2 amide bonds. The van der Waals surface area contributed by atoms with E-state index in [0.29, 0.717) is 5.56 Å². The van der Waals surface area contributed by atoms with Gasteiger partial charge in [0.05, 0.1) is 0 Å². The number of amides is 2. The first-order chi connectivity index (χ1) is 12.4. The minimum atomic E-state index is -0.0976. The number of nitrogens with zero attached hydrogens (tertiary/aromatic N) is 2. The predicted octanol–water partition coefficient (Wildman–Crippen LogP) is 3.22. The number of hydrogen-bond acceptors (Lipinski definition) is 3. The van der Waals surface area contributed by atoms with E-state index in [2.05, 4.69) is 16.3 Å². The van der Waals surface area contributed by atoms with Gasteiger partial charge in [0.25, 0.3) is 5.91 Å². The van der Waals surface area contributed by atoms with Crippen LogP contribution in [0.15, 0.2) is 42.5 Å². The van der Waals surface area contributed by atoms with Gasteiger partial charge in [-0.2, -0.15) is 0 Å². The van der Waals surface area contributed by atoms with E-state index in [1.165, 1.54) is 0 Å². The summed E-state index contributed by atoms with van der Waals surface area (Å²) in [5, 5.41) is 2.95. The molecule has 3 rings (SSSR count). The van der Waals surface area contributed by atoms with Crippen molar-refractivity contribution in [1.29, 1.82) is 0 Å². The Labute approximate surface area is 154 Å². The van der Waals surface area contributed by atoms with Gasteiger partial charge in [0.2, 0.25) is 5.91 Å². The highest BCUT2D eigenvalue weighted by molar-refractivity contribution is 6.04. The monoisotopic (exact) mass is 351 g/mol. The molecule has 5 nitrogen and oxygen atoms in total. The van der Waals surface area contributed by atoms with Crippen LogP contribution in [0, 0.1) is 13.8 Å². The Morgan fingerprint density at radius 2 is 1.46 bits per heavy atom. The number of piperazine rings is 1. The van der Waals surface area contributed by atoms with Gasteiger partial charge < -0.3 is 15.1 Å². The van der Waals surface area contributed by atoms with E-state index >= 15 is 0 Å². The molecule has 2 aromatic rings. The molecule has 0 radical (unpaired) electrons. The van der Waals surface area contributed by atoms with Gasteiger partial charge >= 0.3 is 0 Å². The quantitative estimate of drug-likeness (QED) is 0.924. The molecule has 1 N–H and O–H groups in total. The fraction of sp³-hybridized carbons (Fsp3) is 0.333. The molecule has 136 valence electrons. The zero-order chi connectivity index (χ0) is 18.7. The number of benzene rings is 2. The minimum Gasteiger partial charge on any atom is -0.368 e. The zero-order valence-corrected chi connectivity index (χ0v) is 15.6. The molecule has 0 spiro atoms. The van der Waals surface area contributed by atoms with Crippen LogP contribution in [0.3, 0.4) is 0 Å². The summed E-state index contributed by atoms with van der Waals surface area (Å²) in [6, 6.07) is 13.7. The zero-order valence-electron chi connectivity index (χ0n) is 15.6. The molecule has 26 heavy (non-hydrogen) atoms. The van der Waals surface area contributed by atoms with Crippen molar-refractivity contribution in [1.82, 2.24) is 4.90 Å². The Bertz CT molecular complexity index is 786. The van der Waals surface area contributed by atoms with Crippen LogP contribution >= 0.6 is 0 Å². The molecule has 0 aromatic heterocycles. The van der Waals surface area contributed by atoms with E-state index in [9.17, 15) is 9.59 Å². The van der Waals surface area contributed by atoms with Crippen molar-refractivity contribution in [3.8, 4) is 0 Å². The van der Waals surface area contributed by atoms with Gasteiger partial charge in [-0.05, 0) is 50.2 Å². The molecular formula is C21H25N3O2. The molecule has 2 aromatic carbocycles. The Kier molecular flexibility index (Phi) is 5.26. The highest BCUT2D eigenvalue weighted by atomic mass is 16.2. The van der Waals surface area contributed by atoms with E-state index < -0.39 is 0 Å².